The number of hydrogen-bond acceptors (Lipinski definition) is 6. The largest absolute Gasteiger partial charge is 0.493 e. The van der Waals surface area contributed by atoms with Crippen LogP contribution in [0.3, 0.4) is 0 Å². The van der Waals surface area contributed by atoms with Crippen LogP contribution in [0.5, 0.6) is 17.2 Å². The highest BCUT2D eigenvalue weighted by Gasteiger charge is 2.23. The molecule has 1 saturated heterocycles. The fourth-order valence-electron chi connectivity index (χ4n) is 3.21. The van der Waals surface area contributed by atoms with Crippen LogP contribution in [-0.2, 0) is 4.79 Å². The van der Waals surface area contributed by atoms with E-state index in [0.29, 0.717) is 55.5 Å². The number of Topliss-reactive ketones (excluding diaryl/α,β-unsaturated/α-hetero) is 1. The Bertz CT molecular complexity index is 832. The number of rotatable bonds is 8. The summed E-state index contributed by atoms with van der Waals surface area (Å²) in [6.45, 7) is 2.78. The Labute approximate surface area is 170 Å². The van der Waals surface area contributed by atoms with Crippen molar-refractivity contribution in [1.82, 2.24) is 9.80 Å². The highest BCUT2D eigenvalue weighted by molar-refractivity contribution is 5.98. The van der Waals surface area contributed by atoms with E-state index in [1.807, 2.05) is 30.3 Å². The van der Waals surface area contributed by atoms with Gasteiger partial charge in [-0.15, -0.1) is 0 Å². The summed E-state index contributed by atoms with van der Waals surface area (Å²) in [5, 5.41) is 0. The lowest BCUT2D eigenvalue weighted by atomic mass is 10.1. The zero-order chi connectivity index (χ0) is 20.6. The molecule has 0 bridgehead atoms. The molecule has 0 radical (unpaired) electrons. The maximum atomic E-state index is 12.6. The first-order chi connectivity index (χ1) is 14.1. The third-order valence-corrected chi connectivity index (χ3v) is 4.90. The molecule has 1 aliphatic rings. The number of amides is 1. The van der Waals surface area contributed by atoms with Crippen molar-refractivity contribution in [3.05, 3.63) is 54.1 Å². The molecule has 0 aliphatic carbocycles. The Balaban J connectivity index is 1.47. The van der Waals surface area contributed by atoms with Crippen LogP contribution >= 0.6 is 0 Å². The Hall–Kier alpha value is -3.06. The molecule has 0 N–H and O–H groups in total. The smallest absolute Gasteiger partial charge is 0.260 e. The molecule has 0 aromatic heterocycles. The van der Waals surface area contributed by atoms with Gasteiger partial charge in [-0.1, -0.05) is 18.2 Å². The van der Waals surface area contributed by atoms with Gasteiger partial charge in [-0.3, -0.25) is 14.5 Å². The first-order valence-electron chi connectivity index (χ1n) is 9.54. The molecule has 0 spiro atoms. The molecule has 0 atom stereocenters. The number of para-hydroxylation sites is 1. The summed E-state index contributed by atoms with van der Waals surface area (Å²) < 4.78 is 16.0. The second kappa shape index (κ2) is 9.93. The number of carbonyl (C=O) groups excluding carboxylic acids is 2. The van der Waals surface area contributed by atoms with E-state index in [2.05, 4.69) is 4.90 Å². The zero-order valence-corrected chi connectivity index (χ0v) is 16.8. The van der Waals surface area contributed by atoms with Crippen LogP contribution in [0.1, 0.15) is 10.4 Å². The first kappa shape index (κ1) is 20.7. The maximum absolute atomic E-state index is 12.6. The summed E-state index contributed by atoms with van der Waals surface area (Å²) in [5.41, 5.74) is 0.581. The van der Waals surface area contributed by atoms with Crippen molar-refractivity contribution in [2.24, 2.45) is 0 Å². The summed E-state index contributed by atoms with van der Waals surface area (Å²) >= 11 is 0. The summed E-state index contributed by atoms with van der Waals surface area (Å²) in [6, 6.07) is 14.5. The lowest BCUT2D eigenvalue weighted by Gasteiger charge is -2.34. The fraction of sp³-hybridized carbons (Fsp3) is 0.364. The molecule has 7 heteroatoms. The SMILES string of the molecule is COc1ccc(C(=O)CN2CCN(C(=O)COc3ccccc3)CC2)cc1OC. The molecule has 154 valence electrons. The molecule has 2 aromatic rings. The van der Waals surface area contributed by atoms with Crippen LogP contribution in [0, 0.1) is 0 Å². The van der Waals surface area contributed by atoms with E-state index < -0.39 is 0 Å². The van der Waals surface area contributed by atoms with Crippen molar-refractivity contribution in [2.75, 3.05) is 53.6 Å². The van der Waals surface area contributed by atoms with E-state index in [1.54, 1.807) is 37.3 Å². The molecule has 7 nitrogen and oxygen atoms in total. The summed E-state index contributed by atoms with van der Waals surface area (Å²) in [5.74, 6) is 1.78. The number of nitrogens with zero attached hydrogens (tertiary/aromatic N) is 2. The van der Waals surface area contributed by atoms with Crippen LogP contribution < -0.4 is 14.2 Å². The number of ether oxygens (including phenoxy) is 3. The zero-order valence-electron chi connectivity index (χ0n) is 16.8. The van der Waals surface area contributed by atoms with Crippen LogP contribution in [0.2, 0.25) is 0 Å². The molecule has 2 aromatic carbocycles. The summed E-state index contributed by atoms with van der Waals surface area (Å²) in [4.78, 5) is 28.8. The molecular formula is C22H26N2O5. The molecular weight excluding hydrogens is 372 g/mol. The topological polar surface area (TPSA) is 68.3 Å². The van der Waals surface area contributed by atoms with Gasteiger partial charge >= 0.3 is 0 Å². The predicted octanol–water partition coefficient (Wildman–Crippen LogP) is 2.11. The number of ketones is 1. The van der Waals surface area contributed by atoms with E-state index in [1.165, 1.54) is 0 Å². The molecule has 1 heterocycles. The highest BCUT2D eigenvalue weighted by Crippen LogP contribution is 2.27. The molecule has 1 fully saturated rings. The van der Waals surface area contributed by atoms with Crippen LogP contribution in [0.15, 0.2) is 48.5 Å². The van der Waals surface area contributed by atoms with Gasteiger partial charge in [0.15, 0.2) is 23.9 Å². The van der Waals surface area contributed by atoms with Crippen LogP contribution in [0.4, 0.5) is 0 Å². The normalized spacial score (nSPS) is 14.3. The number of methoxy groups -OCH3 is 2. The average molecular weight is 398 g/mol. The molecule has 1 aliphatic heterocycles. The highest BCUT2D eigenvalue weighted by atomic mass is 16.5. The van der Waals surface area contributed by atoms with Gasteiger partial charge in [0.05, 0.1) is 20.8 Å². The maximum Gasteiger partial charge on any atom is 0.260 e. The van der Waals surface area contributed by atoms with E-state index >= 15 is 0 Å². The number of hydrogen-bond donors (Lipinski definition) is 0. The molecule has 3 rings (SSSR count). The lowest BCUT2D eigenvalue weighted by molar-refractivity contribution is -0.135. The average Bonchev–Trinajstić information content (AvgIpc) is 2.78. The summed E-state index contributed by atoms with van der Waals surface area (Å²) in [7, 11) is 3.11. The Morgan fingerprint density at radius 3 is 2.24 bits per heavy atom. The molecule has 0 unspecified atom stereocenters. The van der Waals surface area contributed by atoms with Gasteiger partial charge in [0.1, 0.15) is 5.75 Å². The van der Waals surface area contributed by atoms with Gasteiger partial charge < -0.3 is 19.1 Å². The Morgan fingerprint density at radius 2 is 1.59 bits per heavy atom. The second-order valence-electron chi connectivity index (χ2n) is 6.75. The minimum atomic E-state index is -0.0419. The van der Waals surface area contributed by atoms with Gasteiger partial charge in [0.25, 0.3) is 5.91 Å². The quantitative estimate of drug-likeness (QED) is 0.635. The monoisotopic (exact) mass is 398 g/mol. The molecule has 0 saturated carbocycles. The molecule has 1 amide bonds. The standard InChI is InChI=1S/C22H26N2O5/c1-27-20-9-8-17(14-21(20)28-2)19(25)15-23-10-12-24(13-11-23)22(26)16-29-18-6-4-3-5-7-18/h3-9,14H,10-13,15-16H2,1-2H3. The third kappa shape index (κ3) is 5.48. The van der Waals surface area contributed by atoms with Crippen LogP contribution in [0.25, 0.3) is 0 Å². The minimum absolute atomic E-state index is 0.0122. The summed E-state index contributed by atoms with van der Waals surface area (Å²) in [6.07, 6.45) is 0. The lowest BCUT2D eigenvalue weighted by Crippen LogP contribution is -2.51. The fourth-order valence-corrected chi connectivity index (χ4v) is 3.21. The first-order valence-corrected chi connectivity index (χ1v) is 9.54. The molecule has 29 heavy (non-hydrogen) atoms. The van der Waals surface area contributed by atoms with Gasteiger partial charge in [-0.05, 0) is 30.3 Å². The van der Waals surface area contributed by atoms with E-state index in [9.17, 15) is 9.59 Å². The Kier molecular flexibility index (Phi) is 7.08. The van der Waals surface area contributed by atoms with Crippen molar-refractivity contribution in [2.45, 2.75) is 0 Å². The van der Waals surface area contributed by atoms with Gasteiger partial charge in [-0.25, -0.2) is 0 Å². The van der Waals surface area contributed by atoms with Gasteiger partial charge in [-0.2, -0.15) is 0 Å². The number of carbonyl (C=O) groups is 2. The second-order valence-corrected chi connectivity index (χ2v) is 6.75. The van der Waals surface area contributed by atoms with E-state index in [4.69, 9.17) is 14.2 Å². The van der Waals surface area contributed by atoms with Crippen molar-refractivity contribution in [1.29, 1.82) is 0 Å². The Morgan fingerprint density at radius 1 is 0.897 bits per heavy atom. The van der Waals surface area contributed by atoms with Crippen molar-refractivity contribution in [3.8, 4) is 17.2 Å². The van der Waals surface area contributed by atoms with Crippen molar-refractivity contribution < 1.29 is 23.8 Å². The van der Waals surface area contributed by atoms with E-state index in [0.717, 1.165) is 0 Å². The predicted molar refractivity (Wildman–Crippen MR) is 109 cm³/mol. The minimum Gasteiger partial charge on any atom is -0.493 e. The van der Waals surface area contributed by atoms with Gasteiger partial charge in [0, 0.05) is 31.7 Å². The van der Waals surface area contributed by atoms with Gasteiger partial charge in [0.2, 0.25) is 0 Å². The third-order valence-electron chi connectivity index (χ3n) is 4.90. The van der Waals surface area contributed by atoms with Crippen molar-refractivity contribution in [3.63, 3.8) is 0 Å². The number of piperazine rings is 1. The van der Waals surface area contributed by atoms with Crippen molar-refractivity contribution >= 4 is 11.7 Å². The van der Waals surface area contributed by atoms with Crippen LogP contribution in [-0.4, -0.2) is 75.0 Å². The van der Waals surface area contributed by atoms with E-state index in [-0.39, 0.29) is 18.3 Å². The number of benzene rings is 2.